The molecule has 0 radical (unpaired) electrons. The molecule has 5 rings (SSSR count). The van der Waals surface area contributed by atoms with E-state index < -0.39 is 16.0 Å². The lowest BCUT2D eigenvalue weighted by atomic mass is 10.3. The van der Waals surface area contributed by atoms with Crippen LogP contribution in [0.15, 0.2) is 53.6 Å². The molecule has 1 aliphatic heterocycles. The van der Waals surface area contributed by atoms with Crippen LogP contribution >= 0.6 is 0 Å². The van der Waals surface area contributed by atoms with Crippen LogP contribution in [0.5, 0.6) is 0 Å². The van der Waals surface area contributed by atoms with Crippen LogP contribution < -0.4 is 0 Å². The molecule has 3 heterocycles. The number of carbonyl (C=O) groups excluding carboxylic acids is 1. The topological polar surface area (TPSA) is 117 Å². The number of morpholine rings is 1. The number of carbonyl (C=O) groups is 1. The number of esters is 1. The van der Waals surface area contributed by atoms with E-state index >= 15 is 0 Å². The first-order valence-corrected chi connectivity index (χ1v) is 12.4. The number of aryl methyl sites for hydroxylation is 1. The molecular formula is C23H23N5O5S. The Labute approximate surface area is 196 Å². The molecule has 2 aromatic carbocycles. The molecule has 4 aromatic rings. The number of benzene rings is 2. The third-order valence-corrected chi connectivity index (χ3v) is 7.61. The summed E-state index contributed by atoms with van der Waals surface area (Å²) in [7, 11) is -3.64. The van der Waals surface area contributed by atoms with Gasteiger partial charge in [-0.3, -0.25) is 4.98 Å². The van der Waals surface area contributed by atoms with Crippen LogP contribution in [0.3, 0.4) is 0 Å². The van der Waals surface area contributed by atoms with Gasteiger partial charge in [0.1, 0.15) is 12.4 Å². The van der Waals surface area contributed by atoms with E-state index in [4.69, 9.17) is 9.47 Å². The summed E-state index contributed by atoms with van der Waals surface area (Å²) in [5, 5.41) is 0. The Morgan fingerprint density at radius 1 is 1.06 bits per heavy atom. The number of hydrogen-bond acceptors (Lipinski definition) is 8. The SMILES string of the molecule is CCn1c(COC(=O)c2cnc3ccccc3n2)nc2cc(S(=O)(=O)N3CCOCC3)ccc21. The summed E-state index contributed by atoms with van der Waals surface area (Å²) in [5.74, 6) is -0.0935. The summed E-state index contributed by atoms with van der Waals surface area (Å²) in [4.78, 5) is 25.9. The zero-order valence-electron chi connectivity index (χ0n) is 18.5. The molecule has 2 aromatic heterocycles. The van der Waals surface area contributed by atoms with Crippen molar-refractivity contribution in [3.05, 3.63) is 60.2 Å². The molecule has 0 N–H and O–H groups in total. The van der Waals surface area contributed by atoms with Crippen molar-refractivity contribution in [2.75, 3.05) is 26.3 Å². The highest BCUT2D eigenvalue weighted by molar-refractivity contribution is 7.89. The van der Waals surface area contributed by atoms with Crippen molar-refractivity contribution >= 4 is 38.1 Å². The van der Waals surface area contributed by atoms with Crippen molar-refractivity contribution in [1.82, 2.24) is 23.8 Å². The van der Waals surface area contributed by atoms with E-state index in [1.54, 1.807) is 24.3 Å². The normalized spacial score (nSPS) is 15.1. The highest BCUT2D eigenvalue weighted by Crippen LogP contribution is 2.24. The molecule has 0 saturated carbocycles. The molecular weight excluding hydrogens is 458 g/mol. The first-order chi connectivity index (χ1) is 16.5. The van der Waals surface area contributed by atoms with Gasteiger partial charge >= 0.3 is 5.97 Å². The average molecular weight is 482 g/mol. The second-order valence-electron chi connectivity index (χ2n) is 7.76. The number of hydrogen-bond donors (Lipinski definition) is 0. The van der Waals surface area contributed by atoms with Crippen molar-refractivity contribution < 1.29 is 22.7 Å². The van der Waals surface area contributed by atoms with E-state index in [-0.39, 0.29) is 17.2 Å². The molecule has 0 amide bonds. The highest BCUT2D eigenvalue weighted by atomic mass is 32.2. The number of para-hydroxylation sites is 2. The third kappa shape index (κ3) is 4.13. The second-order valence-corrected chi connectivity index (χ2v) is 9.70. The fraction of sp³-hybridized carbons (Fsp3) is 0.304. The minimum Gasteiger partial charge on any atom is -0.453 e. The van der Waals surface area contributed by atoms with Crippen molar-refractivity contribution in [2.45, 2.75) is 25.0 Å². The van der Waals surface area contributed by atoms with Gasteiger partial charge in [0.15, 0.2) is 5.69 Å². The fourth-order valence-electron chi connectivity index (χ4n) is 3.98. The molecule has 0 unspecified atom stereocenters. The summed E-state index contributed by atoms with van der Waals surface area (Å²) in [6.45, 7) is 3.84. The Morgan fingerprint density at radius 2 is 1.82 bits per heavy atom. The van der Waals surface area contributed by atoms with Gasteiger partial charge in [0, 0.05) is 19.6 Å². The average Bonchev–Trinajstić information content (AvgIpc) is 3.24. The molecule has 0 bridgehead atoms. The third-order valence-electron chi connectivity index (χ3n) is 5.71. The van der Waals surface area contributed by atoms with Gasteiger partial charge in [-0.25, -0.2) is 23.2 Å². The largest absolute Gasteiger partial charge is 0.453 e. The molecule has 176 valence electrons. The Hall–Kier alpha value is -3.41. The molecule has 0 aliphatic carbocycles. The van der Waals surface area contributed by atoms with E-state index in [0.717, 1.165) is 5.52 Å². The Morgan fingerprint density at radius 3 is 2.59 bits per heavy atom. The lowest BCUT2D eigenvalue weighted by Gasteiger charge is -2.26. The van der Waals surface area contributed by atoms with Crippen molar-refractivity contribution in [1.29, 1.82) is 0 Å². The molecule has 11 heteroatoms. The van der Waals surface area contributed by atoms with Crippen LogP contribution in [-0.2, 0) is 32.6 Å². The van der Waals surface area contributed by atoms with Crippen LogP contribution in [0.25, 0.3) is 22.1 Å². The van der Waals surface area contributed by atoms with Gasteiger partial charge in [0.2, 0.25) is 10.0 Å². The monoisotopic (exact) mass is 481 g/mol. The maximum atomic E-state index is 13.0. The van der Waals surface area contributed by atoms with Crippen LogP contribution in [0.2, 0.25) is 0 Å². The van der Waals surface area contributed by atoms with Crippen LogP contribution in [-0.4, -0.2) is 64.5 Å². The van der Waals surface area contributed by atoms with Crippen LogP contribution in [0, 0.1) is 0 Å². The predicted octanol–water partition coefficient (Wildman–Crippen LogP) is 2.38. The van der Waals surface area contributed by atoms with E-state index in [2.05, 4.69) is 15.0 Å². The Bertz CT molecular complexity index is 1480. The van der Waals surface area contributed by atoms with E-state index in [9.17, 15) is 13.2 Å². The fourth-order valence-corrected chi connectivity index (χ4v) is 5.41. The van der Waals surface area contributed by atoms with Gasteiger partial charge in [0.25, 0.3) is 0 Å². The molecule has 0 spiro atoms. The zero-order chi connectivity index (χ0) is 23.7. The van der Waals surface area contributed by atoms with Crippen LogP contribution in [0.1, 0.15) is 23.2 Å². The molecule has 34 heavy (non-hydrogen) atoms. The molecule has 1 saturated heterocycles. The van der Waals surface area contributed by atoms with Crippen molar-refractivity contribution in [3.8, 4) is 0 Å². The van der Waals surface area contributed by atoms with Gasteiger partial charge < -0.3 is 14.0 Å². The van der Waals surface area contributed by atoms with E-state index in [1.165, 1.54) is 10.5 Å². The smallest absolute Gasteiger partial charge is 0.359 e. The lowest BCUT2D eigenvalue weighted by Crippen LogP contribution is -2.40. The van der Waals surface area contributed by atoms with Crippen molar-refractivity contribution in [2.24, 2.45) is 0 Å². The zero-order valence-corrected chi connectivity index (χ0v) is 19.4. The number of aromatic nitrogens is 4. The first-order valence-electron chi connectivity index (χ1n) is 10.9. The lowest BCUT2D eigenvalue weighted by molar-refractivity contribution is 0.0451. The molecule has 1 aliphatic rings. The summed E-state index contributed by atoms with van der Waals surface area (Å²) in [6.07, 6.45) is 1.39. The number of rotatable bonds is 6. The number of ether oxygens (including phenoxy) is 2. The van der Waals surface area contributed by atoms with Gasteiger partial charge in [-0.05, 0) is 37.3 Å². The van der Waals surface area contributed by atoms with Gasteiger partial charge in [-0.15, -0.1) is 0 Å². The number of sulfonamides is 1. The summed E-state index contributed by atoms with van der Waals surface area (Å²) >= 11 is 0. The van der Waals surface area contributed by atoms with E-state index in [1.807, 2.05) is 29.7 Å². The maximum absolute atomic E-state index is 13.0. The summed E-state index contributed by atoms with van der Waals surface area (Å²) in [6, 6.07) is 12.1. The van der Waals surface area contributed by atoms with Crippen molar-refractivity contribution in [3.63, 3.8) is 0 Å². The Balaban J connectivity index is 1.39. The van der Waals surface area contributed by atoms with Gasteiger partial charge in [0.05, 0.1) is 46.4 Å². The predicted molar refractivity (Wildman–Crippen MR) is 124 cm³/mol. The quantitative estimate of drug-likeness (QED) is 0.386. The standard InChI is InChI=1S/C23H23N5O5S/c1-2-28-21-8-7-16(34(30,31)27-9-11-32-12-10-27)13-19(21)26-22(28)15-33-23(29)20-14-24-17-5-3-4-6-18(17)25-20/h3-8,13-14H,2,9-12,15H2,1H3. The summed E-state index contributed by atoms with van der Waals surface area (Å²) < 4.78 is 40.1. The summed E-state index contributed by atoms with van der Waals surface area (Å²) in [5.41, 5.74) is 2.69. The number of fused-ring (bicyclic) bond motifs is 2. The molecule has 0 atom stereocenters. The minimum absolute atomic E-state index is 0.0819. The number of imidazole rings is 1. The van der Waals surface area contributed by atoms with Gasteiger partial charge in [-0.2, -0.15) is 4.31 Å². The molecule has 10 nitrogen and oxygen atoms in total. The second kappa shape index (κ2) is 9.09. The van der Waals surface area contributed by atoms with Crippen LogP contribution in [0.4, 0.5) is 0 Å². The number of nitrogens with zero attached hydrogens (tertiary/aromatic N) is 5. The Kier molecular flexibility index (Phi) is 5.98. The highest BCUT2D eigenvalue weighted by Gasteiger charge is 2.27. The minimum atomic E-state index is -3.64. The maximum Gasteiger partial charge on any atom is 0.359 e. The first kappa shape index (κ1) is 22.4. The molecule has 1 fully saturated rings. The van der Waals surface area contributed by atoms with E-state index in [0.29, 0.717) is 55.2 Å². The van der Waals surface area contributed by atoms with Gasteiger partial charge in [-0.1, -0.05) is 12.1 Å².